The molecule has 0 N–H and O–H groups in total. The molecule has 0 fully saturated rings. The molecular formula is C23H17F2N3O2S. The Morgan fingerprint density at radius 3 is 2.61 bits per heavy atom. The van der Waals surface area contributed by atoms with Gasteiger partial charge in [-0.2, -0.15) is 10.1 Å². The van der Waals surface area contributed by atoms with Crippen molar-refractivity contribution >= 4 is 38.8 Å². The topological polar surface area (TPSA) is 54.8 Å². The van der Waals surface area contributed by atoms with Gasteiger partial charge >= 0.3 is 0 Å². The van der Waals surface area contributed by atoms with Gasteiger partial charge in [-0.15, -0.1) is 0 Å². The van der Waals surface area contributed by atoms with Crippen LogP contribution in [0.25, 0.3) is 10.2 Å². The van der Waals surface area contributed by atoms with E-state index in [0.717, 1.165) is 33.7 Å². The van der Waals surface area contributed by atoms with Crippen molar-refractivity contribution in [3.63, 3.8) is 0 Å². The number of hydrogen-bond acceptors (Lipinski definition) is 5. The van der Waals surface area contributed by atoms with Crippen LogP contribution in [0.15, 0.2) is 71.8 Å². The zero-order valence-electron chi connectivity index (χ0n) is 16.5. The molecule has 3 aromatic carbocycles. The Bertz CT molecular complexity index is 1260. The lowest BCUT2D eigenvalue weighted by Gasteiger charge is -2.14. The van der Waals surface area contributed by atoms with E-state index in [1.165, 1.54) is 42.6 Å². The second-order valence-corrected chi connectivity index (χ2v) is 7.49. The van der Waals surface area contributed by atoms with E-state index in [1.807, 2.05) is 6.92 Å². The molecule has 1 amide bonds. The standard InChI is InChI=1S/C23H17F2N3O2S/c1-2-30-19-9-6-15(7-10-19)14-26-28(22(29)16-4-3-5-17(24)12-16)23-27-20-11-8-18(25)13-21(20)31-23/h3-14H,2H2,1H3/b26-14+. The number of anilines is 1. The second-order valence-electron chi connectivity index (χ2n) is 6.48. The molecule has 4 aromatic rings. The fourth-order valence-electron chi connectivity index (χ4n) is 2.85. The molecule has 0 spiro atoms. The van der Waals surface area contributed by atoms with Crippen LogP contribution in [0.3, 0.4) is 0 Å². The summed E-state index contributed by atoms with van der Waals surface area (Å²) in [7, 11) is 0. The number of nitrogens with zero attached hydrogens (tertiary/aromatic N) is 3. The van der Waals surface area contributed by atoms with E-state index in [9.17, 15) is 13.6 Å². The number of aromatic nitrogens is 1. The van der Waals surface area contributed by atoms with Gasteiger partial charge in [0.2, 0.25) is 5.13 Å². The van der Waals surface area contributed by atoms with Crippen LogP contribution in [0.5, 0.6) is 5.75 Å². The van der Waals surface area contributed by atoms with Crippen LogP contribution in [-0.2, 0) is 0 Å². The minimum Gasteiger partial charge on any atom is -0.494 e. The minimum atomic E-state index is -0.554. The number of benzene rings is 3. The first-order valence-corrected chi connectivity index (χ1v) is 10.3. The van der Waals surface area contributed by atoms with E-state index in [-0.39, 0.29) is 10.7 Å². The molecular weight excluding hydrogens is 420 g/mol. The third-order valence-corrected chi connectivity index (χ3v) is 5.29. The maximum atomic E-state index is 13.7. The van der Waals surface area contributed by atoms with Gasteiger partial charge in [-0.1, -0.05) is 17.4 Å². The van der Waals surface area contributed by atoms with Gasteiger partial charge in [0.15, 0.2) is 0 Å². The van der Waals surface area contributed by atoms with Crippen LogP contribution in [-0.4, -0.2) is 23.7 Å². The average molecular weight is 437 g/mol. The fraction of sp³-hybridized carbons (Fsp3) is 0.0870. The zero-order valence-corrected chi connectivity index (χ0v) is 17.3. The first-order chi connectivity index (χ1) is 15.0. The molecule has 0 radical (unpaired) electrons. The molecule has 5 nitrogen and oxygen atoms in total. The SMILES string of the molecule is CCOc1ccc(/C=N/N(C(=O)c2cccc(F)c2)c2nc3ccc(F)cc3s2)cc1. The number of hydrazone groups is 1. The van der Waals surface area contributed by atoms with Gasteiger partial charge in [-0.25, -0.2) is 13.8 Å². The van der Waals surface area contributed by atoms with Gasteiger partial charge in [0, 0.05) is 5.56 Å². The highest BCUT2D eigenvalue weighted by atomic mass is 32.1. The Hall–Kier alpha value is -3.65. The summed E-state index contributed by atoms with van der Waals surface area (Å²) in [4.78, 5) is 17.5. The Morgan fingerprint density at radius 2 is 1.87 bits per heavy atom. The number of hydrogen-bond donors (Lipinski definition) is 0. The Labute approximate surface area is 181 Å². The summed E-state index contributed by atoms with van der Waals surface area (Å²) >= 11 is 1.12. The molecule has 31 heavy (non-hydrogen) atoms. The van der Waals surface area contributed by atoms with Crippen molar-refractivity contribution in [1.29, 1.82) is 0 Å². The molecule has 1 heterocycles. The lowest BCUT2D eigenvalue weighted by molar-refractivity contribution is 0.0987. The van der Waals surface area contributed by atoms with E-state index < -0.39 is 17.5 Å². The smallest absolute Gasteiger partial charge is 0.280 e. The third-order valence-electron chi connectivity index (χ3n) is 4.30. The average Bonchev–Trinajstić information content (AvgIpc) is 3.18. The molecule has 0 aliphatic carbocycles. The highest BCUT2D eigenvalue weighted by Gasteiger charge is 2.21. The van der Waals surface area contributed by atoms with Gasteiger partial charge < -0.3 is 4.74 Å². The number of halogens is 2. The first kappa shape index (κ1) is 20.6. The predicted molar refractivity (Wildman–Crippen MR) is 118 cm³/mol. The molecule has 0 atom stereocenters. The minimum absolute atomic E-state index is 0.120. The van der Waals surface area contributed by atoms with Crippen molar-refractivity contribution in [2.45, 2.75) is 6.92 Å². The molecule has 0 aliphatic heterocycles. The Balaban J connectivity index is 1.71. The van der Waals surface area contributed by atoms with E-state index in [2.05, 4.69) is 10.1 Å². The fourth-order valence-corrected chi connectivity index (χ4v) is 3.80. The summed E-state index contributed by atoms with van der Waals surface area (Å²) in [5.74, 6) is -0.766. The summed E-state index contributed by atoms with van der Waals surface area (Å²) < 4.78 is 33.3. The largest absolute Gasteiger partial charge is 0.494 e. The summed E-state index contributed by atoms with van der Waals surface area (Å²) in [6.07, 6.45) is 1.50. The van der Waals surface area contributed by atoms with E-state index in [4.69, 9.17) is 4.74 Å². The van der Waals surface area contributed by atoms with Gasteiger partial charge in [0.05, 0.1) is 23.0 Å². The van der Waals surface area contributed by atoms with Crippen LogP contribution < -0.4 is 9.75 Å². The molecule has 0 unspecified atom stereocenters. The van der Waals surface area contributed by atoms with Gasteiger partial charge in [0.1, 0.15) is 17.4 Å². The normalized spacial score (nSPS) is 11.2. The number of ether oxygens (including phenoxy) is 1. The van der Waals surface area contributed by atoms with E-state index >= 15 is 0 Å². The third kappa shape index (κ3) is 4.75. The maximum absolute atomic E-state index is 13.7. The van der Waals surface area contributed by atoms with Crippen LogP contribution >= 0.6 is 11.3 Å². The summed E-state index contributed by atoms with van der Waals surface area (Å²) in [6.45, 7) is 2.46. The van der Waals surface area contributed by atoms with Gasteiger partial charge in [-0.05, 0) is 73.2 Å². The van der Waals surface area contributed by atoms with Crippen molar-refractivity contribution in [3.05, 3.63) is 89.5 Å². The zero-order chi connectivity index (χ0) is 21.8. The summed E-state index contributed by atoms with van der Waals surface area (Å²) in [5, 5.41) is 5.65. The van der Waals surface area contributed by atoms with Crippen molar-refractivity contribution in [2.75, 3.05) is 11.6 Å². The lowest BCUT2D eigenvalue weighted by atomic mass is 10.2. The quantitative estimate of drug-likeness (QED) is 0.289. The van der Waals surface area contributed by atoms with Crippen molar-refractivity contribution in [1.82, 2.24) is 4.98 Å². The van der Waals surface area contributed by atoms with Gasteiger partial charge in [0.25, 0.3) is 5.91 Å². The van der Waals surface area contributed by atoms with E-state index in [0.29, 0.717) is 16.8 Å². The predicted octanol–water partition coefficient (Wildman–Crippen LogP) is 5.65. The molecule has 0 bridgehead atoms. The lowest BCUT2D eigenvalue weighted by Crippen LogP contribution is -2.25. The number of fused-ring (bicyclic) bond motifs is 1. The number of rotatable bonds is 6. The Morgan fingerprint density at radius 1 is 1.10 bits per heavy atom. The van der Waals surface area contributed by atoms with Crippen LogP contribution in [0.2, 0.25) is 0 Å². The number of carbonyl (C=O) groups is 1. The number of amides is 1. The molecule has 0 aliphatic rings. The molecule has 156 valence electrons. The summed E-state index contributed by atoms with van der Waals surface area (Å²) in [5.41, 5.74) is 1.39. The van der Waals surface area contributed by atoms with E-state index in [1.54, 1.807) is 24.3 Å². The monoisotopic (exact) mass is 437 g/mol. The second kappa shape index (κ2) is 9.01. The van der Waals surface area contributed by atoms with Crippen molar-refractivity contribution in [2.24, 2.45) is 5.10 Å². The molecule has 8 heteroatoms. The highest BCUT2D eigenvalue weighted by molar-refractivity contribution is 7.22. The highest BCUT2D eigenvalue weighted by Crippen LogP contribution is 2.30. The number of carbonyl (C=O) groups excluding carboxylic acids is 1. The first-order valence-electron chi connectivity index (χ1n) is 9.46. The summed E-state index contributed by atoms with van der Waals surface area (Å²) in [6, 6.07) is 16.7. The van der Waals surface area contributed by atoms with Crippen LogP contribution in [0.1, 0.15) is 22.8 Å². The van der Waals surface area contributed by atoms with Crippen LogP contribution in [0.4, 0.5) is 13.9 Å². The molecule has 0 saturated heterocycles. The maximum Gasteiger partial charge on any atom is 0.280 e. The van der Waals surface area contributed by atoms with Crippen molar-refractivity contribution < 1.29 is 18.3 Å². The molecule has 4 rings (SSSR count). The molecule has 1 aromatic heterocycles. The van der Waals surface area contributed by atoms with Crippen molar-refractivity contribution in [3.8, 4) is 5.75 Å². The Kier molecular flexibility index (Phi) is 5.99. The molecule has 0 saturated carbocycles. The number of thiazole rings is 1. The van der Waals surface area contributed by atoms with Gasteiger partial charge in [-0.3, -0.25) is 4.79 Å². The van der Waals surface area contributed by atoms with Crippen LogP contribution in [0, 0.1) is 11.6 Å².